The normalized spacial score (nSPS) is 23.8. The van der Waals surface area contributed by atoms with E-state index in [4.69, 9.17) is 9.84 Å². The summed E-state index contributed by atoms with van der Waals surface area (Å²) in [7, 11) is -2.01. The van der Waals surface area contributed by atoms with Crippen LogP contribution in [0.1, 0.15) is 26.2 Å². The lowest BCUT2D eigenvalue weighted by molar-refractivity contribution is -0.142. The van der Waals surface area contributed by atoms with Gasteiger partial charge in [0.2, 0.25) is 10.0 Å². The predicted octanol–water partition coefficient (Wildman–Crippen LogP) is 0.538. The molecule has 106 valence electrons. The van der Waals surface area contributed by atoms with Crippen LogP contribution in [0, 0.1) is 5.92 Å². The molecule has 0 spiro atoms. The molecule has 18 heavy (non-hydrogen) atoms. The van der Waals surface area contributed by atoms with E-state index in [1.165, 1.54) is 7.11 Å². The highest BCUT2D eigenvalue weighted by Crippen LogP contribution is 2.22. The third-order valence-electron chi connectivity index (χ3n) is 3.04. The molecule has 6 nitrogen and oxygen atoms in total. The van der Waals surface area contributed by atoms with Gasteiger partial charge in [-0.3, -0.25) is 4.79 Å². The summed E-state index contributed by atoms with van der Waals surface area (Å²) in [4.78, 5) is 11.1. The quantitative estimate of drug-likeness (QED) is 0.767. The second-order valence-electron chi connectivity index (χ2n) is 4.80. The number of aliphatic carboxylic acids is 1. The van der Waals surface area contributed by atoms with E-state index in [1.54, 1.807) is 6.92 Å². The van der Waals surface area contributed by atoms with Crippen molar-refractivity contribution in [1.29, 1.82) is 0 Å². The van der Waals surface area contributed by atoms with E-state index in [1.807, 2.05) is 0 Å². The maximum Gasteiger partial charge on any atom is 0.322 e. The second-order valence-corrected chi connectivity index (χ2v) is 6.77. The van der Waals surface area contributed by atoms with Gasteiger partial charge in [0, 0.05) is 20.3 Å². The molecule has 0 aromatic carbocycles. The molecule has 2 atom stereocenters. The van der Waals surface area contributed by atoms with Crippen molar-refractivity contribution in [3.63, 3.8) is 0 Å². The van der Waals surface area contributed by atoms with Crippen molar-refractivity contribution in [2.24, 2.45) is 5.92 Å². The Kier molecular flexibility index (Phi) is 5.55. The average Bonchev–Trinajstić information content (AvgIpc) is 2.28. The van der Waals surface area contributed by atoms with Crippen LogP contribution in [0.15, 0.2) is 0 Å². The molecule has 0 aliphatic carbocycles. The molecule has 2 unspecified atom stereocenters. The number of nitrogens with zero attached hydrogens (tertiary/aromatic N) is 1. The van der Waals surface area contributed by atoms with E-state index in [0.717, 1.165) is 17.1 Å². The smallest absolute Gasteiger partial charge is 0.322 e. The van der Waals surface area contributed by atoms with Crippen LogP contribution in [0.2, 0.25) is 0 Å². The van der Waals surface area contributed by atoms with Gasteiger partial charge >= 0.3 is 5.97 Å². The van der Waals surface area contributed by atoms with E-state index < -0.39 is 22.0 Å². The number of sulfonamides is 1. The fourth-order valence-electron chi connectivity index (χ4n) is 2.27. The molecule has 1 aliphatic rings. The molecule has 0 radical (unpaired) electrons. The summed E-state index contributed by atoms with van der Waals surface area (Å²) in [6.45, 7) is 2.44. The Bertz CT molecular complexity index is 381. The van der Waals surface area contributed by atoms with Crippen molar-refractivity contribution < 1.29 is 23.1 Å². The van der Waals surface area contributed by atoms with Gasteiger partial charge in [0.15, 0.2) is 0 Å². The minimum atomic E-state index is -3.53. The highest BCUT2D eigenvalue weighted by molar-refractivity contribution is 7.89. The molecule has 7 heteroatoms. The number of methoxy groups -OCH3 is 1. The minimum absolute atomic E-state index is 0.0649. The molecular formula is C11H21NO5S. The van der Waals surface area contributed by atoms with E-state index in [0.29, 0.717) is 19.6 Å². The van der Waals surface area contributed by atoms with Crippen LogP contribution in [0.4, 0.5) is 0 Å². The Morgan fingerprint density at radius 2 is 2.17 bits per heavy atom. The van der Waals surface area contributed by atoms with Gasteiger partial charge in [-0.15, -0.1) is 0 Å². The lowest BCUT2D eigenvalue weighted by Gasteiger charge is -2.32. The van der Waals surface area contributed by atoms with Crippen molar-refractivity contribution in [2.45, 2.75) is 32.2 Å². The van der Waals surface area contributed by atoms with Gasteiger partial charge in [-0.05, 0) is 25.2 Å². The van der Waals surface area contributed by atoms with Gasteiger partial charge in [-0.1, -0.05) is 6.92 Å². The summed E-state index contributed by atoms with van der Waals surface area (Å²) >= 11 is 0. The van der Waals surface area contributed by atoms with Gasteiger partial charge in [-0.2, -0.15) is 4.31 Å². The zero-order valence-electron chi connectivity index (χ0n) is 10.8. The number of hydrogen-bond donors (Lipinski definition) is 1. The monoisotopic (exact) mass is 279 g/mol. The molecule has 0 bridgehead atoms. The van der Waals surface area contributed by atoms with Crippen LogP contribution in [0.25, 0.3) is 0 Å². The van der Waals surface area contributed by atoms with Crippen LogP contribution in [0.3, 0.4) is 0 Å². The third-order valence-corrected chi connectivity index (χ3v) is 5.18. The van der Waals surface area contributed by atoms with Gasteiger partial charge in [-0.25, -0.2) is 8.42 Å². The van der Waals surface area contributed by atoms with Gasteiger partial charge < -0.3 is 9.84 Å². The Labute approximate surface area is 108 Å². The maximum atomic E-state index is 12.2. The summed E-state index contributed by atoms with van der Waals surface area (Å²) in [5, 5.41) is 9.08. The van der Waals surface area contributed by atoms with E-state index in [9.17, 15) is 13.2 Å². The zero-order chi connectivity index (χ0) is 13.8. The molecule has 1 N–H and O–H groups in total. The molecule has 0 saturated carbocycles. The van der Waals surface area contributed by atoms with Crippen molar-refractivity contribution in [3.8, 4) is 0 Å². The number of carbonyl (C=O) groups is 1. The molecule has 0 aromatic heterocycles. The second kappa shape index (κ2) is 6.49. The number of hydrogen-bond acceptors (Lipinski definition) is 4. The van der Waals surface area contributed by atoms with Crippen LogP contribution in [-0.4, -0.2) is 55.9 Å². The molecule has 1 fully saturated rings. The highest BCUT2D eigenvalue weighted by atomic mass is 32.2. The number of rotatable bonds is 6. The van der Waals surface area contributed by atoms with Gasteiger partial charge in [0.25, 0.3) is 0 Å². The minimum Gasteiger partial charge on any atom is -0.480 e. The van der Waals surface area contributed by atoms with E-state index >= 15 is 0 Å². The number of carboxylic acids is 1. The predicted molar refractivity (Wildman–Crippen MR) is 66.8 cm³/mol. The van der Waals surface area contributed by atoms with Gasteiger partial charge in [0.1, 0.15) is 6.04 Å². The zero-order valence-corrected chi connectivity index (χ0v) is 11.6. The van der Waals surface area contributed by atoms with Crippen LogP contribution in [-0.2, 0) is 19.6 Å². The molecule has 1 aliphatic heterocycles. The summed E-state index contributed by atoms with van der Waals surface area (Å²) in [5.74, 6) is -1.26. The number of piperidine rings is 1. The van der Waals surface area contributed by atoms with Crippen molar-refractivity contribution in [3.05, 3.63) is 0 Å². The highest BCUT2D eigenvalue weighted by Gasteiger charge is 2.37. The lowest BCUT2D eigenvalue weighted by atomic mass is 10.1. The summed E-state index contributed by atoms with van der Waals surface area (Å²) in [5.41, 5.74) is 0. The maximum absolute atomic E-state index is 12.2. The molecule has 0 amide bonds. The molecule has 1 saturated heterocycles. The first-order valence-electron chi connectivity index (χ1n) is 6.09. The van der Waals surface area contributed by atoms with E-state index in [-0.39, 0.29) is 11.7 Å². The first-order valence-corrected chi connectivity index (χ1v) is 7.70. The Morgan fingerprint density at radius 1 is 1.50 bits per heavy atom. The standard InChI is InChI=1S/C11H21NO5S/c1-9(7-17-2)8-18(15,16)12-6-4-3-5-10(12)11(13)14/h9-10H,3-8H2,1-2H3,(H,13,14). The molecule has 1 heterocycles. The average molecular weight is 279 g/mol. The lowest BCUT2D eigenvalue weighted by Crippen LogP contribution is -2.49. The van der Waals surface area contributed by atoms with Gasteiger partial charge in [0.05, 0.1) is 5.75 Å². The Balaban J connectivity index is 2.78. The summed E-state index contributed by atoms with van der Waals surface area (Å²) < 4.78 is 30.4. The summed E-state index contributed by atoms with van der Waals surface area (Å²) in [6, 6.07) is -0.904. The molecule has 1 rings (SSSR count). The topological polar surface area (TPSA) is 83.9 Å². The SMILES string of the molecule is COCC(C)CS(=O)(=O)N1CCCCC1C(=O)O. The summed E-state index contributed by atoms with van der Waals surface area (Å²) in [6.07, 6.45) is 1.88. The number of ether oxygens (including phenoxy) is 1. The van der Waals surface area contributed by atoms with Crippen LogP contribution >= 0.6 is 0 Å². The van der Waals surface area contributed by atoms with Crippen molar-refractivity contribution in [1.82, 2.24) is 4.31 Å². The third kappa shape index (κ3) is 3.93. The van der Waals surface area contributed by atoms with Crippen LogP contribution in [0.5, 0.6) is 0 Å². The Morgan fingerprint density at radius 3 is 2.72 bits per heavy atom. The number of carboxylic acid groups (broad SMARTS) is 1. The fourth-order valence-corrected chi connectivity index (χ4v) is 4.27. The molecule has 0 aromatic rings. The van der Waals surface area contributed by atoms with E-state index in [2.05, 4.69) is 0 Å². The van der Waals surface area contributed by atoms with Crippen LogP contribution < -0.4 is 0 Å². The van der Waals surface area contributed by atoms with Crippen molar-refractivity contribution in [2.75, 3.05) is 26.0 Å². The molecular weight excluding hydrogens is 258 g/mol. The Hall–Kier alpha value is -0.660. The first kappa shape index (κ1) is 15.4. The first-order chi connectivity index (χ1) is 8.38. The van der Waals surface area contributed by atoms with Crippen molar-refractivity contribution >= 4 is 16.0 Å². The fraction of sp³-hybridized carbons (Fsp3) is 0.909. The largest absolute Gasteiger partial charge is 0.480 e.